The van der Waals surface area contributed by atoms with E-state index in [0.717, 1.165) is 66.2 Å². The Morgan fingerprint density at radius 2 is 1.90 bits per heavy atom. The van der Waals surface area contributed by atoms with Gasteiger partial charge in [0, 0.05) is 12.1 Å². The van der Waals surface area contributed by atoms with Crippen molar-refractivity contribution in [1.29, 1.82) is 0 Å². The van der Waals surface area contributed by atoms with Crippen LogP contribution < -0.4 is 10.1 Å². The molecule has 1 N–H and O–H groups in total. The zero-order valence-electron chi connectivity index (χ0n) is 18.1. The first-order chi connectivity index (χ1) is 15.1. The van der Waals surface area contributed by atoms with Crippen LogP contribution in [0.4, 0.5) is 5.69 Å². The van der Waals surface area contributed by atoms with Crippen molar-refractivity contribution < 1.29 is 9.53 Å². The van der Waals surface area contributed by atoms with Gasteiger partial charge in [-0.25, -0.2) is 4.68 Å². The lowest BCUT2D eigenvalue weighted by molar-refractivity contribution is -0.120. The second kappa shape index (κ2) is 7.85. The van der Waals surface area contributed by atoms with Gasteiger partial charge in [0.15, 0.2) is 0 Å². The first kappa shape index (κ1) is 19.8. The maximum absolute atomic E-state index is 13.1. The fourth-order valence-corrected chi connectivity index (χ4v) is 4.85. The minimum absolute atomic E-state index is 0.117. The van der Waals surface area contributed by atoms with Crippen molar-refractivity contribution in [3.05, 3.63) is 60.3 Å². The van der Waals surface area contributed by atoms with E-state index in [1.807, 2.05) is 67.4 Å². The summed E-state index contributed by atoms with van der Waals surface area (Å²) in [7, 11) is 4.05. The van der Waals surface area contributed by atoms with Gasteiger partial charge in [-0.15, -0.1) is 0 Å². The van der Waals surface area contributed by atoms with Crippen LogP contribution in [0.25, 0.3) is 16.9 Å². The highest BCUT2D eigenvalue weighted by Crippen LogP contribution is 2.52. The number of hydrogen-bond donors (Lipinski definition) is 1. The number of fused-ring (bicyclic) bond motifs is 2. The fourth-order valence-electron chi connectivity index (χ4n) is 4.85. The standard InChI is InChI=1S/C25H28N4O2/c1-28(2)14-15-31-22-17-18(21-10-13-26-29(21)19-8-4-3-5-9-19)16-20-23(22)27-24(30)25(20)11-6-7-12-25/h3-5,8-10,13,16-17H,6-7,11-12,14-15H2,1-2H3,(H,27,30). The molecule has 160 valence electrons. The number of para-hydroxylation sites is 1. The number of nitrogens with zero attached hydrogens (tertiary/aromatic N) is 3. The average molecular weight is 417 g/mol. The number of hydrogen-bond acceptors (Lipinski definition) is 4. The van der Waals surface area contributed by atoms with Crippen molar-refractivity contribution in [2.24, 2.45) is 0 Å². The topological polar surface area (TPSA) is 59.4 Å². The van der Waals surface area contributed by atoms with Crippen molar-refractivity contribution >= 4 is 11.6 Å². The molecule has 1 aliphatic heterocycles. The molecule has 2 heterocycles. The van der Waals surface area contributed by atoms with Gasteiger partial charge >= 0.3 is 0 Å². The average Bonchev–Trinajstić information content (AvgIpc) is 3.50. The molecule has 2 aliphatic rings. The van der Waals surface area contributed by atoms with E-state index in [1.54, 1.807) is 0 Å². The maximum Gasteiger partial charge on any atom is 0.235 e. The van der Waals surface area contributed by atoms with Crippen LogP contribution in [0.3, 0.4) is 0 Å². The van der Waals surface area contributed by atoms with Gasteiger partial charge in [0.25, 0.3) is 0 Å². The van der Waals surface area contributed by atoms with Crippen LogP contribution in [-0.4, -0.2) is 47.8 Å². The predicted molar refractivity (Wildman–Crippen MR) is 122 cm³/mol. The Labute approximate surface area is 182 Å². The summed E-state index contributed by atoms with van der Waals surface area (Å²) in [4.78, 5) is 15.2. The fraction of sp³-hybridized carbons (Fsp3) is 0.360. The molecule has 1 aromatic heterocycles. The SMILES string of the molecule is CN(C)CCOc1cc(-c2ccnn2-c2ccccc2)cc2c1NC(=O)C21CCCC1. The minimum atomic E-state index is -0.428. The van der Waals surface area contributed by atoms with Gasteiger partial charge in [-0.3, -0.25) is 4.79 Å². The quantitative estimate of drug-likeness (QED) is 0.653. The monoisotopic (exact) mass is 416 g/mol. The van der Waals surface area contributed by atoms with E-state index in [0.29, 0.717) is 6.61 Å². The third-order valence-electron chi connectivity index (χ3n) is 6.48. The summed E-state index contributed by atoms with van der Waals surface area (Å²) in [5.41, 5.74) is 4.50. The van der Waals surface area contributed by atoms with Crippen molar-refractivity contribution in [2.45, 2.75) is 31.1 Å². The largest absolute Gasteiger partial charge is 0.490 e. The number of likely N-dealkylation sites (N-methyl/N-ethyl adjacent to an activating group) is 1. The molecule has 31 heavy (non-hydrogen) atoms. The summed E-state index contributed by atoms with van der Waals surface area (Å²) in [5, 5.41) is 7.72. The summed E-state index contributed by atoms with van der Waals surface area (Å²) < 4.78 is 8.15. The zero-order valence-corrected chi connectivity index (χ0v) is 18.1. The molecule has 0 radical (unpaired) electrons. The van der Waals surface area contributed by atoms with Gasteiger partial charge in [-0.05, 0) is 62.8 Å². The smallest absolute Gasteiger partial charge is 0.235 e. The highest BCUT2D eigenvalue weighted by Gasteiger charge is 2.49. The number of nitrogens with one attached hydrogen (secondary N) is 1. The Kier molecular flexibility index (Phi) is 5.02. The molecule has 1 saturated carbocycles. The molecule has 0 atom stereocenters. The molecular weight excluding hydrogens is 388 g/mol. The molecule has 1 aliphatic carbocycles. The van der Waals surface area contributed by atoms with Crippen LogP contribution in [0.1, 0.15) is 31.2 Å². The summed E-state index contributed by atoms with van der Waals surface area (Å²) in [5.74, 6) is 0.860. The van der Waals surface area contributed by atoms with Crippen LogP contribution >= 0.6 is 0 Å². The summed E-state index contributed by atoms with van der Waals surface area (Å²) >= 11 is 0. The van der Waals surface area contributed by atoms with Gasteiger partial charge in [0.2, 0.25) is 5.91 Å². The van der Waals surface area contributed by atoms with Gasteiger partial charge in [-0.1, -0.05) is 31.0 Å². The first-order valence-electron chi connectivity index (χ1n) is 11.0. The number of benzene rings is 2. The lowest BCUT2D eigenvalue weighted by atomic mass is 9.79. The van der Waals surface area contributed by atoms with Crippen molar-refractivity contribution in [3.63, 3.8) is 0 Å². The summed E-state index contributed by atoms with van der Waals surface area (Å²) in [6.45, 7) is 1.36. The molecule has 1 amide bonds. The molecule has 1 fully saturated rings. The highest BCUT2D eigenvalue weighted by molar-refractivity contribution is 6.08. The third kappa shape index (κ3) is 3.41. The number of rotatable bonds is 6. The highest BCUT2D eigenvalue weighted by atomic mass is 16.5. The van der Waals surface area contributed by atoms with Crippen molar-refractivity contribution in [1.82, 2.24) is 14.7 Å². The maximum atomic E-state index is 13.1. The Balaban J connectivity index is 1.62. The number of carbonyl (C=O) groups excluding carboxylic acids is 1. The summed E-state index contributed by atoms with van der Waals surface area (Å²) in [6.07, 6.45) is 5.76. The molecule has 1 spiro atoms. The zero-order chi connectivity index (χ0) is 21.4. The third-order valence-corrected chi connectivity index (χ3v) is 6.48. The van der Waals surface area contributed by atoms with E-state index in [-0.39, 0.29) is 5.91 Å². The van der Waals surface area contributed by atoms with E-state index in [2.05, 4.69) is 21.4 Å². The molecule has 6 nitrogen and oxygen atoms in total. The normalized spacial score (nSPS) is 16.7. The Bertz CT molecular complexity index is 1100. The number of carbonyl (C=O) groups is 1. The van der Waals surface area contributed by atoms with Crippen molar-refractivity contribution in [3.8, 4) is 22.7 Å². The van der Waals surface area contributed by atoms with E-state index < -0.39 is 5.41 Å². The Morgan fingerprint density at radius 1 is 1.13 bits per heavy atom. The molecule has 3 aromatic rings. The Morgan fingerprint density at radius 3 is 2.65 bits per heavy atom. The van der Waals surface area contributed by atoms with E-state index in [4.69, 9.17) is 4.74 Å². The minimum Gasteiger partial charge on any atom is -0.490 e. The Hall–Kier alpha value is -3.12. The lowest BCUT2D eigenvalue weighted by Crippen LogP contribution is -2.30. The van der Waals surface area contributed by atoms with Crippen LogP contribution in [0.2, 0.25) is 0 Å². The number of anilines is 1. The first-order valence-corrected chi connectivity index (χ1v) is 11.0. The number of aromatic nitrogens is 2. The molecule has 0 saturated heterocycles. The molecule has 2 aromatic carbocycles. The van der Waals surface area contributed by atoms with Gasteiger partial charge in [0.1, 0.15) is 12.4 Å². The van der Waals surface area contributed by atoms with Gasteiger partial charge < -0.3 is 15.0 Å². The second-order valence-electron chi connectivity index (χ2n) is 8.76. The number of amides is 1. The van der Waals surface area contributed by atoms with E-state index in [1.165, 1.54) is 0 Å². The lowest BCUT2D eigenvalue weighted by Gasteiger charge is -2.22. The van der Waals surface area contributed by atoms with Gasteiger partial charge in [0.05, 0.1) is 28.7 Å². The van der Waals surface area contributed by atoms with E-state index in [9.17, 15) is 4.79 Å². The van der Waals surface area contributed by atoms with Crippen LogP contribution in [-0.2, 0) is 10.2 Å². The molecule has 0 unspecified atom stereocenters. The number of ether oxygens (including phenoxy) is 1. The van der Waals surface area contributed by atoms with Crippen LogP contribution in [0, 0.1) is 0 Å². The molecule has 6 heteroatoms. The van der Waals surface area contributed by atoms with E-state index >= 15 is 0 Å². The molecular formula is C25H28N4O2. The second-order valence-corrected chi connectivity index (χ2v) is 8.76. The van der Waals surface area contributed by atoms with Crippen molar-refractivity contribution in [2.75, 3.05) is 32.6 Å². The van der Waals surface area contributed by atoms with Crippen LogP contribution in [0.5, 0.6) is 5.75 Å². The predicted octanol–water partition coefficient (Wildman–Crippen LogP) is 4.24. The molecule has 0 bridgehead atoms. The molecule has 5 rings (SSSR count). The van der Waals surface area contributed by atoms with Crippen LogP contribution in [0.15, 0.2) is 54.7 Å². The summed E-state index contributed by atoms with van der Waals surface area (Å²) in [6, 6.07) is 16.3. The van der Waals surface area contributed by atoms with Gasteiger partial charge in [-0.2, -0.15) is 5.10 Å².